The Labute approximate surface area is 123 Å². The average Bonchev–Trinajstić information content (AvgIpc) is 2.44. The fourth-order valence-corrected chi connectivity index (χ4v) is 3.34. The molecule has 1 aromatic rings. The minimum absolute atomic E-state index is 0.0172. The zero-order valence-electron chi connectivity index (χ0n) is 12.6. The third-order valence-corrected chi connectivity index (χ3v) is 4.32. The number of methoxy groups -OCH3 is 1. The average molecular weight is 292 g/mol. The highest BCUT2D eigenvalue weighted by atomic mass is 16.5. The number of aromatic nitrogens is 1. The molecule has 0 aromatic carbocycles. The topological polar surface area (TPSA) is 88.5 Å². The van der Waals surface area contributed by atoms with Crippen LogP contribution in [0.15, 0.2) is 18.3 Å². The molecule has 0 bridgehead atoms. The number of hydrogen-bond acceptors (Lipinski definition) is 4. The van der Waals surface area contributed by atoms with Gasteiger partial charge in [0.2, 0.25) is 0 Å². The summed E-state index contributed by atoms with van der Waals surface area (Å²) in [5, 5.41) is 11.9. The first-order valence-corrected chi connectivity index (χ1v) is 6.82. The zero-order chi connectivity index (χ0) is 15.8. The van der Waals surface area contributed by atoms with E-state index in [1.54, 1.807) is 7.11 Å². The quantitative estimate of drug-likeness (QED) is 0.879. The van der Waals surface area contributed by atoms with Crippen molar-refractivity contribution in [2.45, 2.75) is 32.9 Å². The molecule has 3 atom stereocenters. The van der Waals surface area contributed by atoms with Crippen LogP contribution in [0.2, 0.25) is 0 Å². The van der Waals surface area contributed by atoms with Crippen LogP contribution in [0, 0.1) is 11.3 Å². The molecule has 0 radical (unpaired) electrons. The number of aromatic carboxylic acids is 1. The molecule has 1 heterocycles. The number of carbonyl (C=O) groups excluding carboxylic acids is 1. The molecule has 3 unspecified atom stereocenters. The molecule has 6 nitrogen and oxygen atoms in total. The fourth-order valence-electron chi connectivity index (χ4n) is 3.34. The molecule has 114 valence electrons. The number of ether oxygens (including phenoxy) is 1. The lowest BCUT2D eigenvalue weighted by Crippen LogP contribution is -2.67. The van der Waals surface area contributed by atoms with Crippen LogP contribution in [0.4, 0.5) is 0 Å². The molecule has 1 aromatic heterocycles. The number of nitrogens with one attached hydrogen (secondary N) is 1. The van der Waals surface area contributed by atoms with E-state index in [2.05, 4.69) is 10.3 Å². The number of carboxylic acids is 1. The largest absolute Gasteiger partial charge is 0.477 e. The standard InChI is InChI=1S/C15H20N2O4/c1-8-11(15(2,3)12(8)21-4)17-13(18)9-5-6-16-10(7-9)14(19)20/h5-8,11-12H,1-4H3,(H,17,18)(H,19,20). The first-order chi connectivity index (χ1) is 9.78. The second kappa shape index (κ2) is 5.44. The number of rotatable bonds is 4. The molecule has 1 aliphatic carbocycles. The summed E-state index contributed by atoms with van der Waals surface area (Å²) in [4.78, 5) is 26.9. The lowest BCUT2D eigenvalue weighted by Gasteiger charge is -2.56. The Kier molecular flexibility index (Phi) is 4.00. The smallest absolute Gasteiger partial charge is 0.354 e. The van der Waals surface area contributed by atoms with Crippen LogP contribution >= 0.6 is 0 Å². The van der Waals surface area contributed by atoms with Gasteiger partial charge in [0.25, 0.3) is 5.91 Å². The van der Waals surface area contributed by atoms with Crippen LogP contribution in [0.5, 0.6) is 0 Å². The van der Waals surface area contributed by atoms with Crippen LogP contribution in [-0.4, -0.2) is 41.2 Å². The van der Waals surface area contributed by atoms with Gasteiger partial charge in [-0.1, -0.05) is 20.8 Å². The number of amides is 1. The minimum atomic E-state index is -1.15. The van der Waals surface area contributed by atoms with Gasteiger partial charge in [-0.05, 0) is 12.1 Å². The third-order valence-electron chi connectivity index (χ3n) is 4.32. The molecule has 1 saturated carbocycles. The van der Waals surface area contributed by atoms with E-state index in [0.29, 0.717) is 5.56 Å². The lowest BCUT2D eigenvalue weighted by molar-refractivity contribution is -0.141. The van der Waals surface area contributed by atoms with Gasteiger partial charge in [-0.15, -0.1) is 0 Å². The molecule has 0 saturated heterocycles. The predicted molar refractivity (Wildman–Crippen MR) is 76.2 cm³/mol. The maximum Gasteiger partial charge on any atom is 0.354 e. The summed E-state index contributed by atoms with van der Waals surface area (Å²) in [5.74, 6) is -1.24. The molecule has 2 rings (SSSR count). The maximum atomic E-state index is 12.3. The number of carboxylic acid groups (broad SMARTS) is 1. The highest BCUT2D eigenvalue weighted by Gasteiger charge is 2.55. The summed E-state index contributed by atoms with van der Waals surface area (Å²) in [7, 11) is 1.67. The Morgan fingerprint density at radius 2 is 2.10 bits per heavy atom. The van der Waals surface area contributed by atoms with E-state index in [9.17, 15) is 9.59 Å². The summed E-state index contributed by atoms with van der Waals surface area (Å²) >= 11 is 0. The number of nitrogens with zero attached hydrogens (tertiary/aromatic N) is 1. The van der Waals surface area contributed by atoms with Gasteiger partial charge in [0.1, 0.15) is 5.69 Å². The van der Waals surface area contributed by atoms with E-state index in [-0.39, 0.29) is 35.1 Å². The van der Waals surface area contributed by atoms with Crippen LogP contribution in [0.3, 0.4) is 0 Å². The molecule has 2 N–H and O–H groups in total. The lowest BCUT2D eigenvalue weighted by atomic mass is 9.58. The second-order valence-electron chi connectivity index (χ2n) is 6.02. The highest BCUT2D eigenvalue weighted by Crippen LogP contribution is 2.46. The van der Waals surface area contributed by atoms with Gasteiger partial charge in [-0.2, -0.15) is 0 Å². The summed E-state index contributed by atoms with van der Waals surface area (Å²) in [6.45, 7) is 6.11. The first-order valence-electron chi connectivity index (χ1n) is 6.82. The van der Waals surface area contributed by atoms with Crippen molar-refractivity contribution in [2.24, 2.45) is 11.3 Å². The van der Waals surface area contributed by atoms with Crippen molar-refractivity contribution < 1.29 is 19.4 Å². The van der Waals surface area contributed by atoms with E-state index in [1.807, 2.05) is 20.8 Å². The summed E-state index contributed by atoms with van der Waals surface area (Å²) in [5.41, 5.74) is -0.00319. The monoisotopic (exact) mass is 292 g/mol. The molecular weight excluding hydrogens is 272 g/mol. The van der Waals surface area contributed by atoms with Crippen molar-refractivity contribution in [1.29, 1.82) is 0 Å². The molecule has 6 heteroatoms. The number of pyridine rings is 1. The number of hydrogen-bond donors (Lipinski definition) is 2. The maximum absolute atomic E-state index is 12.3. The van der Waals surface area contributed by atoms with Crippen LogP contribution < -0.4 is 5.32 Å². The highest BCUT2D eigenvalue weighted by molar-refractivity contribution is 5.96. The summed E-state index contributed by atoms with van der Waals surface area (Å²) in [6.07, 6.45) is 1.42. The number of carbonyl (C=O) groups is 2. The second-order valence-corrected chi connectivity index (χ2v) is 6.02. The molecular formula is C15H20N2O4. The Balaban J connectivity index is 2.12. The van der Waals surface area contributed by atoms with Crippen LogP contribution in [0.1, 0.15) is 41.6 Å². The van der Waals surface area contributed by atoms with E-state index >= 15 is 0 Å². The van der Waals surface area contributed by atoms with E-state index in [4.69, 9.17) is 9.84 Å². The fraction of sp³-hybridized carbons (Fsp3) is 0.533. The molecule has 1 fully saturated rings. The molecule has 0 aliphatic heterocycles. The molecule has 0 spiro atoms. The molecule has 21 heavy (non-hydrogen) atoms. The van der Waals surface area contributed by atoms with Crippen molar-refractivity contribution >= 4 is 11.9 Å². The van der Waals surface area contributed by atoms with Crippen molar-refractivity contribution in [2.75, 3.05) is 7.11 Å². The molecule has 1 amide bonds. The van der Waals surface area contributed by atoms with Crippen molar-refractivity contribution in [3.63, 3.8) is 0 Å². The summed E-state index contributed by atoms with van der Waals surface area (Å²) < 4.78 is 5.44. The summed E-state index contributed by atoms with van der Waals surface area (Å²) in [6, 6.07) is 2.77. The van der Waals surface area contributed by atoms with Crippen LogP contribution in [-0.2, 0) is 4.74 Å². The normalized spacial score (nSPS) is 26.8. The Hall–Kier alpha value is -1.95. The molecule has 1 aliphatic rings. The van der Waals surface area contributed by atoms with Crippen molar-refractivity contribution in [3.8, 4) is 0 Å². The zero-order valence-corrected chi connectivity index (χ0v) is 12.6. The van der Waals surface area contributed by atoms with Gasteiger partial charge in [-0.25, -0.2) is 9.78 Å². The van der Waals surface area contributed by atoms with Gasteiger partial charge in [0.05, 0.1) is 6.10 Å². The SMILES string of the molecule is COC1C(C)C(NC(=O)c2ccnc(C(=O)O)c2)C1(C)C. The predicted octanol–water partition coefficient (Wildman–Crippen LogP) is 1.57. The van der Waals surface area contributed by atoms with E-state index in [1.165, 1.54) is 18.3 Å². The van der Waals surface area contributed by atoms with Crippen molar-refractivity contribution in [1.82, 2.24) is 10.3 Å². The Morgan fingerprint density at radius 3 is 2.62 bits per heavy atom. The van der Waals surface area contributed by atoms with Gasteiger partial charge < -0.3 is 15.2 Å². The van der Waals surface area contributed by atoms with Crippen LogP contribution in [0.25, 0.3) is 0 Å². The van der Waals surface area contributed by atoms with Gasteiger partial charge >= 0.3 is 5.97 Å². The van der Waals surface area contributed by atoms with Gasteiger partial charge in [-0.3, -0.25) is 4.79 Å². The van der Waals surface area contributed by atoms with Crippen molar-refractivity contribution in [3.05, 3.63) is 29.6 Å². The van der Waals surface area contributed by atoms with E-state index in [0.717, 1.165) is 0 Å². The third kappa shape index (κ3) is 2.63. The van der Waals surface area contributed by atoms with Gasteiger partial charge in [0, 0.05) is 36.2 Å². The minimum Gasteiger partial charge on any atom is -0.477 e. The van der Waals surface area contributed by atoms with E-state index < -0.39 is 5.97 Å². The Morgan fingerprint density at radius 1 is 1.43 bits per heavy atom. The van der Waals surface area contributed by atoms with Gasteiger partial charge in [0.15, 0.2) is 0 Å². The first kappa shape index (κ1) is 15.4. The Bertz CT molecular complexity index is 571.